The maximum Gasteiger partial charge on any atom is 0.310 e. The summed E-state index contributed by atoms with van der Waals surface area (Å²) in [6, 6.07) is 15.7. The van der Waals surface area contributed by atoms with Crippen LogP contribution in [0.15, 0.2) is 54.6 Å². The van der Waals surface area contributed by atoms with Gasteiger partial charge in [-0.1, -0.05) is 42.5 Å². The number of carboxylic acid groups (broad SMARTS) is 1. The van der Waals surface area contributed by atoms with E-state index < -0.39 is 11.9 Å². The Hall–Kier alpha value is -2.95. The molecule has 0 spiro atoms. The number of imide groups is 1. The van der Waals surface area contributed by atoms with Crippen molar-refractivity contribution in [3.63, 3.8) is 0 Å². The summed E-state index contributed by atoms with van der Waals surface area (Å²) >= 11 is 0. The monoisotopic (exact) mass is 323 g/mol. The molecule has 3 rings (SSSR count). The number of hydrogen-bond donors (Lipinski definition) is 1. The van der Waals surface area contributed by atoms with Crippen molar-refractivity contribution >= 4 is 17.8 Å². The van der Waals surface area contributed by atoms with Crippen molar-refractivity contribution in [3.8, 4) is 0 Å². The highest BCUT2D eigenvalue weighted by atomic mass is 16.4. The van der Waals surface area contributed by atoms with E-state index in [9.17, 15) is 19.5 Å². The third-order valence-corrected chi connectivity index (χ3v) is 4.25. The highest BCUT2D eigenvalue weighted by molar-refractivity contribution is 6.21. The molecule has 0 saturated carbocycles. The molecule has 0 radical (unpaired) electrons. The normalized spacial score (nSPS) is 14.6. The Balaban J connectivity index is 1.65. The molecule has 0 saturated heterocycles. The van der Waals surface area contributed by atoms with Gasteiger partial charge in [0.05, 0.1) is 17.0 Å². The molecule has 0 aliphatic carbocycles. The van der Waals surface area contributed by atoms with Crippen LogP contribution in [0, 0.1) is 0 Å². The van der Waals surface area contributed by atoms with Crippen LogP contribution in [0.25, 0.3) is 0 Å². The van der Waals surface area contributed by atoms with Gasteiger partial charge in [-0.3, -0.25) is 19.3 Å². The highest BCUT2D eigenvalue weighted by Gasteiger charge is 2.34. The summed E-state index contributed by atoms with van der Waals surface area (Å²) in [5, 5.41) is 9.42. The number of carboxylic acids is 1. The molecule has 0 aromatic heterocycles. The maximum absolute atomic E-state index is 12.3. The van der Waals surface area contributed by atoms with Crippen LogP contribution in [0.1, 0.15) is 45.0 Å². The molecule has 1 aliphatic rings. The Morgan fingerprint density at radius 3 is 2.00 bits per heavy atom. The zero-order chi connectivity index (χ0) is 17.1. The first-order valence-corrected chi connectivity index (χ1v) is 7.82. The van der Waals surface area contributed by atoms with E-state index in [2.05, 4.69) is 0 Å². The fourth-order valence-electron chi connectivity index (χ4n) is 3.01. The third-order valence-electron chi connectivity index (χ3n) is 4.25. The SMILES string of the molecule is O=C(O)C(CCCN1C(=O)c2ccccc2C1=O)c1ccccc1. The van der Waals surface area contributed by atoms with Crippen LogP contribution in [-0.4, -0.2) is 34.3 Å². The van der Waals surface area contributed by atoms with Crippen LogP contribution in [-0.2, 0) is 4.79 Å². The van der Waals surface area contributed by atoms with Gasteiger partial charge in [-0.15, -0.1) is 0 Å². The zero-order valence-corrected chi connectivity index (χ0v) is 13.0. The molecule has 1 unspecified atom stereocenters. The number of fused-ring (bicyclic) bond motifs is 1. The molecule has 0 fully saturated rings. The van der Waals surface area contributed by atoms with Crippen LogP contribution in [0.5, 0.6) is 0 Å². The van der Waals surface area contributed by atoms with Gasteiger partial charge in [0.2, 0.25) is 0 Å². The summed E-state index contributed by atoms with van der Waals surface area (Å²) in [6.45, 7) is 0.225. The number of aliphatic carboxylic acids is 1. The lowest BCUT2D eigenvalue weighted by molar-refractivity contribution is -0.139. The van der Waals surface area contributed by atoms with Gasteiger partial charge in [-0.2, -0.15) is 0 Å². The number of benzene rings is 2. The van der Waals surface area contributed by atoms with Crippen molar-refractivity contribution in [3.05, 3.63) is 71.3 Å². The van der Waals surface area contributed by atoms with E-state index in [-0.39, 0.29) is 18.4 Å². The second-order valence-corrected chi connectivity index (χ2v) is 5.75. The zero-order valence-electron chi connectivity index (χ0n) is 13.0. The number of nitrogens with zero attached hydrogens (tertiary/aromatic N) is 1. The second kappa shape index (κ2) is 6.66. The van der Waals surface area contributed by atoms with E-state index in [0.29, 0.717) is 24.0 Å². The summed E-state index contributed by atoms with van der Waals surface area (Å²) in [6.07, 6.45) is 0.810. The molecule has 2 aromatic rings. The molecule has 1 heterocycles. The highest BCUT2D eigenvalue weighted by Crippen LogP contribution is 2.25. The topological polar surface area (TPSA) is 74.7 Å². The Morgan fingerprint density at radius 2 is 1.46 bits per heavy atom. The van der Waals surface area contributed by atoms with Gasteiger partial charge in [0.15, 0.2) is 0 Å². The van der Waals surface area contributed by atoms with Crippen molar-refractivity contribution in [2.45, 2.75) is 18.8 Å². The lowest BCUT2D eigenvalue weighted by atomic mass is 9.94. The second-order valence-electron chi connectivity index (χ2n) is 5.75. The number of amides is 2. The molecular formula is C19H17NO4. The van der Waals surface area contributed by atoms with Gasteiger partial charge < -0.3 is 5.11 Å². The fraction of sp³-hybridized carbons (Fsp3) is 0.211. The van der Waals surface area contributed by atoms with Gasteiger partial charge >= 0.3 is 5.97 Å². The average molecular weight is 323 g/mol. The standard InChI is InChI=1S/C19H17NO4/c21-17-15-9-4-5-10-16(15)18(22)20(17)12-6-11-14(19(23)24)13-7-2-1-3-8-13/h1-5,7-10,14H,6,11-12H2,(H,23,24). The fourth-order valence-corrected chi connectivity index (χ4v) is 3.01. The molecule has 0 bridgehead atoms. The molecule has 5 heteroatoms. The predicted molar refractivity (Wildman–Crippen MR) is 87.9 cm³/mol. The van der Waals surface area contributed by atoms with Crippen molar-refractivity contribution in [2.24, 2.45) is 0 Å². The Bertz CT molecular complexity index is 750. The van der Waals surface area contributed by atoms with E-state index in [0.717, 1.165) is 5.56 Å². The molecule has 1 N–H and O–H groups in total. The Kier molecular flexibility index (Phi) is 4.42. The lowest BCUT2D eigenvalue weighted by Crippen LogP contribution is -2.31. The Morgan fingerprint density at radius 1 is 0.917 bits per heavy atom. The third kappa shape index (κ3) is 2.93. The molecule has 2 amide bonds. The summed E-state index contributed by atoms with van der Waals surface area (Å²) in [5.41, 5.74) is 1.56. The first-order chi connectivity index (χ1) is 11.6. The van der Waals surface area contributed by atoms with Gasteiger partial charge in [0.25, 0.3) is 11.8 Å². The molecule has 2 aromatic carbocycles. The van der Waals surface area contributed by atoms with Gasteiger partial charge in [0.1, 0.15) is 0 Å². The summed E-state index contributed by atoms with van der Waals surface area (Å²) in [4.78, 5) is 37.2. The van der Waals surface area contributed by atoms with Crippen LogP contribution in [0.2, 0.25) is 0 Å². The number of rotatable bonds is 6. The maximum atomic E-state index is 12.3. The minimum atomic E-state index is -0.899. The summed E-state index contributed by atoms with van der Waals surface area (Å²) in [5.74, 6) is -2.14. The smallest absolute Gasteiger partial charge is 0.310 e. The van der Waals surface area contributed by atoms with Crippen molar-refractivity contribution in [2.75, 3.05) is 6.54 Å². The number of carbonyl (C=O) groups excluding carboxylic acids is 2. The van der Waals surface area contributed by atoms with E-state index in [1.54, 1.807) is 48.5 Å². The largest absolute Gasteiger partial charge is 0.481 e. The van der Waals surface area contributed by atoms with Crippen LogP contribution >= 0.6 is 0 Å². The predicted octanol–water partition coefficient (Wildman–Crippen LogP) is 2.93. The average Bonchev–Trinajstić information content (AvgIpc) is 2.84. The van der Waals surface area contributed by atoms with Gasteiger partial charge in [-0.25, -0.2) is 0 Å². The quantitative estimate of drug-likeness (QED) is 0.829. The molecular weight excluding hydrogens is 306 g/mol. The van der Waals surface area contributed by atoms with Crippen LogP contribution in [0.4, 0.5) is 0 Å². The van der Waals surface area contributed by atoms with Gasteiger partial charge in [-0.05, 0) is 30.5 Å². The number of hydrogen-bond acceptors (Lipinski definition) is 3. The van der Waals surface area contributed by atoms with E-state index in [1.165, 1.54) is 4.90 Å². The minimum absolute atomic E-state index is 0.225. The first kappa shape index (κ1) is 15.9. The molecule has 5 nitrogen and oxygen atoms in total. The van der Waals surface area contributed by atoms with E-state index in [1.807, 2.05) is 6.07 Å². The van der Waals surface area contributed by atoms with E-state index >= 15 is 0 Å². The summed E-state index contributed by atoms with van der Waals surface area (Å²) < 4.78 is 0. The Labute approximate surface area is 139 Å². The van der Waals surface area contributed by atoms with E-state index in [4.69, 9.17) is 0 Å². The minimum Gasteiger partial charge on any atom is -0.481 e. The molecule has 1 aliphatic heterocycles. The molecule has 24 heavy (non-hydrogen) atoms. The van der Waals surface area contributed by atoms with Crippen molar-refractivity contribution < 1.29 is 19.5 Å². The number of carbonyl (C=O) groups is 3. The molecule has 122 valence electrons. The first-order valence-electron chi connectivity index (χ1n) is 7.82. The van der Waals surface area contributed by atoms with Crippen LogP contribution < -0.4 is 0 Å². The summed E-state index contributed by atoms with van der Waals surface area (Å²) in [7, 11) is 0. The lowest BCUT2D eigenvalue weighted by Gasteiger charge is -2.16. The van der Waals surface area contributed by atoms with Crippen LogP contribution in [0.3, 0.4) is 0 Å². The van der Waals surface area contributed by atoms with Crippen molar-refractivity contribution in [1.29, 1.82) is 0 Å². The van der Waals surface area contributed by atoms with Crippen molar-refractivity contribution in [1.82, 2.24) is 4.90 Å². The molecule has 1 atom stereocenters. The van der Waals surface area contributed by atoms with Gasteiger partial charge in [0, 0.05) is 6.54 Å².